The Morgan fingerprint density at radius 3 is 2.65 bits per heavy atom. The van der Waals surface area contributed by atoms with E-state index < -0.39 is 0 Å². The predicted molar refractivity (Wildman–Crippen MR) is 73.3 cm³/mol. The zero-order valence-corrected chi connectivity index (χ0v) is 12.1. The number of hydrogen-bond acceptors (Lipinski definition) is 2. The van der Waals surface area contributed by atoms with E-state index in [2.05, 4.69) is 43.0 Å². The van der Waals surface area contributed by atoms with Crippen molar-refractivity contribution in [2.24, 2.45) is 5.92 Å². The van der Waals surface area contributed by atoms with Crippen LogP contribution < -0.4 is 5.32 Å². The zero-order chi connectivity index (χ0) is 12.8. The van der Waals surface area contributed by atoms with Crippen LogP contribution in [0.15, 0.2) is 0 Å². The van der Waals surface area contributed by atoms with Gasteiger partial charge in [-0.15, -0.1) is 0 Å². The minimum atomic E-state index is 0.480. The molecule has 2 N–H and O–H groups in total. The molecular weight excluding hydrogens is 234 g/mol. The fourth-order valence-corrected chi connectivity index (χ4v) is 1.73. The molecule has 1 unspecified atom stereocenters. The second kappa shape index (κ2) is 7.02. The predicted octanol–water partition coefficient (Wildman–Crippen LogP) is 3.54. The van der Waals surface area contributed by atoms with Gasteiger partial charge in [0.05, 0.1) is 5.69 Å². The van der Waals surface area contributed by atoms with Gasteiger partial charge in [0, 0.05) is 19.0 Å². The van der Waals surface area contributed by atoms with E-state index in [0.717, 1.165) is 30.9 Å². The number of aromatic nitrogens is 2. The van der Waals surface area contributed by atoms with Crippen LogP contribution in [0.5, 0.6) is 0 Å². The summed E-state index contributed by atoms with van der Waals surface area (Å²) in [5, 5.41) is 4.06. The lowest BCUT2D eigenvalue weighted by atomic mass is 10.1. The van der Waals surface area contributed by atoms with E-state index in [1.807, 2.05) is 0 Å². The molecular formula is C13H24ClN3. The fourth-order valence-electron chi connectivity index (χ4n) is 1.52. The van der Waals surface area contributed by atoms with Crippen LogP contribution in [0.25, 0.3) is 0 Å². The molecule has 0 fully saturated rings. The Morgan fingerprint density at radius 1 is 1.35 bits per heavy atom. The summed E-state index contributed by atoms with van der Waals surface area (Å²) in [6.45, 7) is 9.54. The van der Waals surface area contributed by atoms with Crippen molar-refractivity contribution < 1.29 is 0 Å². The van der Waals surface area contributed by atoms with E-state index >= 15 is 0 Å². The average molecular weight is 258 g/mol. The lowest BCUT2D eigenvalue weighted by Gasteiger charge is -2.16. The maximum atomic E-state index is 6.10. The highest BCUT2D eigenvalue weighted by molar-refractivity contribution is 6.30. The van der Waals surface area contributed by atoms with E-state index in [1.54, 1.807) is 0 Å². The van der Waals surface area contributed by atoms with E-state index in [4.69, 9.17) is 11.6 Å². The number of nitrogens with one attached hydrogen (secondary N) is 2. The third-order valence-electron chi connectivity index (χ3n) is 3.15. The lowest BCUT2D eigenvalue weighted by Crippen LogP contribution is -2.30. The van der Waals surface area contributed by atoms with Crippen LogP contribution in [-0.2, 0) is 13.0 Å². The van der Waals surface area contributed by atoms with Crippen molar-refractivity contribution in [2.45, 2.75) is 59.5 Å². The molecule has 98 valence electrons. The standard InChI is InChI=1S/C13H24ClN3/c1-5-6-7-12-16-11(13(14)17-12)8-15-10(4)9(2)3/h9-10,15H,5-8H2,1-4H3,(H,16,17). The number of hydrogen-bond donors (Lipinski definition) is 2. The molecule has 3 nitrogen and oxygen atoms in total. The monoisotopic (exact) mass is 257 g/mol. The van der Waals surface area contributed by atoms with Gasteiger partial charge in [-0.05, 0) is 19.3 Å². The smallest absolute Gasteiger partial charge is 0.151 e. The van der Waals surface area contributed by atoms with Gasteiger partial charge in [0.1, 0.15) is 5.82 Å². The van der Waals surface area contributed by atoms with Gasteiger partial charge in [-0.3, -0.25) is 0 Å². The summed E-state index contributed by atoms with van der Waals surface area (Å²) in [6, 6.07) is 0.480. The van der Waals surface area contributed by atoms with Crippen LogP contribution in [0.3, 0.4) is 0 Å². The molecule has 0 amide bonds. The first-order chi connectivity index (χ1) is 8.04. The quantitative estimate of drug-likeness (QED) is 0.785. The van der Waals surface area contributed by atoms with E-state index in [9.17, 15) is 0 Å². The molecule has 0 radical (unpaired) electrons. The summed E-state index contributed by atoms with van der Waals surface area (Å²) >= 11 is 6.10. The number of H-pyrrole nitrogens is 1. The Morgan fingerprint density at radius 2 is 2.06 bits per heavy atom. The normalized spacial score (nSPS) is 13.3. The molecule has 17 heavy (non-hydrogen) atoms. The lowest BCUT2D eigenvalue weighted by molar-refractivity contribution is 0.424. The van der Waals surface area contributed by atoms with Gasteiger partial charge < -0.3 is 10.3 Å². The highest BCUT2D eigenvalue weighted by Crippen LogP contribution is 2.14. The van der Waals surface area contributed by atoms with Crippen molar-refractivity contribution in [3.63, 3.8) is 0 Å². The number of imidazole rings is 1. The number of nitrogens with zero attached hydrogens (tertiary/aromatic N) is 1. The van der Waals surface area contributed by atoms with Crippen LogP contribution in [0.1, 0.15) is 52.1 Å². The van der Waals surface area contributed by atoms with Gasteiger partial charge in [-0.1, -0.05) is 38.8 Å². The Bertz CT molecular complexity index is 333. The number of rotatable bonds is 7. The molecule has 0 aromatic carbocycles. The van der Waals surface area contributed by atoms with Crippen LogP contribution in [0.2, 0.25) is 5.15 Å². The topological polar surface area (TPSA) is 40.7 Å². The molecule has 1 rings (SSSR count). The van der Waals surface area contributed by atoms with Crippen molar-refractivity contribution in [1.29, 1.82) is 0 Å². The van der Waals surface area contributed by atoms with Crippen molar-refractivity contribution in [3.8, 4) is 0 Å². The SMILES string of the molecule is CCCCc1nc(Cl)c(CNC(C)C(C)C)[nH]1. The van der Waals surface area contributed by atoms with Crippen LogP contribution >= 0.6 is 11.6 Å². The number of aromatic amines is 1. The van der Waals surface area contributed by atoms with E-state index in [0.29, 0.717) is 17.1 Å². The van der Waals surface area contributed by atoms with Crippen LogP contribution in [0, 0.1) is 5.92 Å². The van der Waals surface area contributed by atoms with Gasteiger partial charge in [0.2, 0.25) is 0 Å². The third-order valence-corrected chi connectivity index (χ3v) is 3.46. The second-order valence-corrected chi connectivity index (χ2v) is 5.33. The number of aryl methyl sites for hydroxylation is 1. The minimum Gasteiger partial charge on any atom is -0.344 e. The molecule has 0 aliphatic heterocycles. The van der Waals surface area contributed by atoms with Gasteiger partial charge in [0.15, 0.2) is 5.15 Å². The molecule has 1 aromatic heterocycles. The van der Waals surface area contributed by atoms with Crippen LogP contribution in [-0.4, -0.2) is 16.0 Å². The van der Waals surface area contributed by atoms with Crippen LogP contribution in [0.4, 0.5) is 0 Å². The van der Waals surface area contributed by atoms with E-state index in [-0.39, 0.29) is 0 Å². The Labute approximate surface area is 109 Å². The molecule has 1 aromatic rings. The Kier molecular flexibility index (Phi) is 6.00. The first-order valence-electron chi connectivity index (χ1n) is 6.51. The third kappa shape index (κ3) is 4.68. The van der Waals surface area contributed by atoms with Crippen molar-refractivity contribution in [1.82, 2.24) is 15.3 Å². The summed E-state index contributed by atoms with van der Waals surface area (Å²) < 4.78 is 0. The molecule has 4 heteroatoms. The van der Waals surface area contributed by atoms with Gasteiger partial charge in [0.25, 0.3) is 0 Å². The maximum absolute atomic E-state index is 6.10. The van der Waals surface area contributed by atoms with Gasteiger partial charge >= 0.3 is 0 Å². The second-order valence-electron chi connectivity index (χ2n) is 4.97. The van der Waals surface area contributed by atoms with Gasteiger partial charge in [-0.2, -0.15) is 0 Å². The first-order valence-corrected chi connectivity index (χ1v) is 6.89. The number of unbranched alkanes of at least 4 members (excludes halogenated alkanes) is 1. The van der Waals surface area contributed by atoms with E-state index in [1.165, 1.54) is 6.42 Å². The first kappa shape index (κ1) is 14.5. The average Bonchev–Trinajstić information content (AvgIpc) is 2.64. The summed E-state index contributed by atoms with van der Waals surface area (Å²) in [7, 11) is 0. The molecule has 0 aliphatic rings. The Hall–Kier alpha value is -0.540. The molecule has 0 saturated carbocycles. The summed E-state index contributed by atoms with van der Waals surface area (Å²) in [4.78, 5) is 7.65. The highest BCUT2D eigenvalue weighted by Gasteiger charge is 2.10. The summed E-state index contributed by atoms with van der Waals surface area (Å²) in [5.74, 6) is 1.63. The summed E-state index contributed by atoms with van der Waals surface area (Å²) in [5.41, 5.74) is 1.00. The number of halogens is 1. The minimum absolute atomic E-state index is 0.480. The zero-order valence-electron chi connectivity index (χ0n) is 11.3. The Balaban J connectivity index is 2.50. The summed E-state index contributed by atoms with van der Waals surface area (Å²) in [6.07, 6.45) is 3.31. The van der Waals surface area contributed by atoms with Crippen molar-refractivity contribution in [2.75, 3.05) is 0 Å². The fraction of sp³-hybridized carbons (Fsp3) is 0.769. The molecule has 1 heterocycles. The van der Waals surface area contributed by atoms with Crippen molar-refractivity contribution in [3.05, 3.63) is 16.7 Å². The molecule has 1 atom stereocenters. The largest absolute Gasteiger partial charge is 0.344 e. The molecule has 0 spiro atoms. The van der Waals surface area contributed by atoms with Crippen molar-refractivity contribution >= 4 is 11.6 Å². The molecule has 0 aliphatic carbocycles. The maximum Gasteiger partial charge on any atom is 0.151 e. The van der Waals surface area contributed by atoms with Gasteiger partial charge in [-0.25, -0.2) is 4.98 Å². The molecule has 0 bridgehead atoms. The highest BCUT2D eigenvalue weighted by atomic mass is 35.5. The molecule has 0 saturated heterocycles.